The van der Waals surface area contributed by atoms with E-state index in [4.69, 9.17) is 0 Å². The third-order valence-electron chi connectivity index (χ3n) is 17.8. The van der Waals surface area contributed by atoms with Crippen LogP contribution in [-0.4, -0.2) is 52.2 Å². The van der Waals surface area contributed by atoms with Gasteiger partial charge in [0.15, 0.2) is 53.0 Å². The summed E-state index contributed by atoms with van der Waals surface area (Å²) in [5.74, 6) is 1.61. The summed E-state index contributed by atoms with van der Waals surface area (Å²) in [4.78, 5) is 53.2. The van der Waals surface area contributed by atoms with E-state index >= 15 is 0 Å². The SMILES string of the molecule is C.C.C.CC.CC.CC.CCCCc1nccn1C[C@H]1CCC2=C(C1=O)c1cccc3ccc[n+]2c13.O=C1C2=C(CC[C@@H]1Cn1ccnc1-c1ccc(F)cc1)[n+]1cccc3cccc2c31.O=C1C2=C(CC[C@@H]1Cn1ccnc1CC(F)(F)F)[n+]1cccc3cccc2c31. The van der Waals surface area contributed by atoms with Crippen molar-refractivity contribution in [3.8, 4) is 11.4 Å². The van der Waals surface area contributed by atoms with Gasteiger partial charge in [-0.25, -0.2) is 19.3 Å². The Morgan fingerprint density at radius 3 is 1.24 bits per heavy atom. The van der Waals surface area contributed by atoms with Crippen molar-refractivity contribution in [2.45, 2.75) is 161 Å². The van der Waals surface area contributed by atoms with E-state index in [9.17, 15) is 31.9 Å². The van der Waals surface area contributed by atoms with Crippen molar-refractivity contribution in [1.82, 2.24) is 28.7 Å². The lowest BCUT2D eigenvalue weighted by molar-refractivity contribution is -0.552. The maximum Gasteiger partial charge on any atom is 0.396 e. The molecule has 16 heteroatoms. The number of imidazole rings is 3. The van der Waals surface area contributed by atoms with Crippen LogP contribution in [0.4, 0.5) is 17.6 Å². The van der Waals surface area contributed by atoms with E-state index in [1.807, 2.05) is 113 Å². The van der Waals surface area contributed by atoms with Crippen LogP contribution < -0.4 is 13.7 Å². The molecule has 16 rings (SSSR count). The Labute approximate surface area is 550 Å². The van der Waals surface area contributed by atoms with Crippen LogP contribution in [0.5, 0.6) is 0 Å². The average Bonchev–Trinajstić information content (AvgIpc) is 1.60. The molecule has 10 aromatic rings. The highest BCUT2D eigenvalue weighted by Crippen LogP contribution is 2.44. The number of carbonyl (C=O) groups excluding carboxylic acids is 3. The summed E-state index contributed by atoms with van der Waals surface area (Å²) in [7, 11) is 0. The number of benzene rings is 4. The van der Waals surface area contributed by atoms with E-state index in [1.54, 1.807) is 18.3 Å². The first kappa shape index (κ1) is 70.6. The first-order valence-electron chi connectivity index (χ1n) is 32.4. The number of hydrogen-bond acceptors (Lipinski definition) is 6. The van der Waals surface area contributed by atoms with Crippen molar-refractivity contribution in [3.05, 3.63) is 205 Å². The van der Waals surface area contributed by atoms with Crippen LogP contribution in [0, 0.1) is 23.6 Å². The zero-order valence-corrected chi connectivity index (χ0v) is 52.9. The third kappa shape index (κ3) is 13.4. The topological polar surface area (TPSA) is 116 Å². The molecule has 4 aromatic carbocycles. The van der Waals surface area contributed by atoms with Crippen molar-refractivity contribution in [1.29, 1.82) is 0 Å². The number of unbranched alkanes of at least 4 members (excludes halogenated alkanes) is 1. The van der Waals surface area contributed by atoms with Crippen LogP contribution in [0.25, 0.3) is 77.9 Å². The molecule has 0 saturated heterocycles. The average molecular weight is 1280 g/mol. The monoisotopic (exact) mass is 1280 g/mol. The number of rotatable bonds is 11. The van der Waals surface area contributed by atoms with Gasteiger partial charge in [0.1, 0.15) is 29.7 Å². The van der Waals surface area contributed by atoms with Crippen molar-refractivity contribution in [2.75, 3.05) is 0 Å². The van der Waals surface area contributed by atoms with E-state index < -0.39 is 12.6 Å². The van der Waals surface area contributed by atoms with Gasteiger partial charge in [0.2, 0.25) is 16.6 Å². The van der Waals surface area contributed by atoms with Crippen LogP contribution in [0.15, 0.2) is 171 Å². The molecular formula is C78H90F4N9O3+3. The molecule has 0 radical (unpaired) electrons. The second-order valence-corrected chi connectivity index (χ2v) is 22.9. The van der Waals surface area contributed by atoms with Crippen LogP contribution >= 0.6 is 0 Å². The van der Waals surface area contributed by atoms with Crippen LogP contribution in [-0.2, 0) is 46.9 Å². The number of para-hydroxylation sites is 3. The maximum absolute atomic E-state index is 13.6. The first-order valence-corrected chi connectivity index (χ1v) is 32.4. The van der Waals surface area contributed by atoms with E-state index in [0.717, 1.165) is 130 Å². The van der Waals surface area contributed by atoms with E-state index in [1.165, 1.54) is 45.7 Å². The molecule has 0 saturated carbocycles. The van der Waals surface area contributed by atoms with Crippen molar-refractivity contribution >= 4 is 83.9 Å². The minimum atomic E-state index is -4.32. The maximum atomic E-state index is 13.6. The smallest absolute Gasteiger partial charge is 0.334 e. The molecule has 0 fully saturated rings. The van der Waals surface area contributed by atoms with Gasteiger partial charge in [0.25, 0.3) is 0 Å². The van der Waals surface area contributed by atoms with Gasteiger partial charge in [-0.05, 0) is 105 Å². The minimum Gasteiger partial charge on any atom is -0.334 e. The lowest BCUT2D eigenvalue weighted by Gasteiger charge is -2.21. The Hall–Kier alpha value is -9.31. The number of carbonyl (C=O) groups is 3. The Morgan fingerprint density at radius 2 is 0.840 bits per heavy atom. The van der Waals surface area contributed by atoms with E-state index in [-0.39, 0.29) is 69.8 Å². The number of fused-ring (bicyclic) bond motifs is 6. The van der Waals surface area contributed by atoms with Crippen LogP contribution in [0.2, 0.25) is 0 Å². The Balaban J connectivity index is 0.000000171. The zero-order valence-electron chi connectivity index (χ0n) is 52.9. The molecule has 3 aliphatic carbocycles. The molecule has 490 valence electrons. The molecule has 0 amide bonds. The number of Topliss-reactive ketones (excluding diaryl/α,β-unsaturated/α-hetero) is 3. The van der Waals surface area contributed by atoms with Gasteiger partial charge in [0, 0.05) is 140 Å². The molecule has 94 heavy (non-hydrogen) atoms. The molecule has 0 bridgehead atoms. The molecule has 9 heterocycles. The largest absolute Gasteiger partial charge is 0.396 e. The Kier molecular flexibility index (Phi) is 23.0. The van der Waals surface area contributed by atoms with E-state index in [0.29, 0.717) is 30.7 Å². The molecule has 6 aromatic heterocycles. The summed E-state index contributed by atoms with van der Waals surface area (Å²) in [6.45, 7) is 15.7. The lowest BCUT2D eigenvalue weighted by atomic mass is 9.83. The molecule has 0 N–H and O–H groups in total. The minimum absolute atomic E-state index is 0. The van der Waals surface area contributed by atoms with Crippen LogP contribution in [0.1, 0.15) is 150 Å². The summed E-state index contributed by atoms with van der Waals surface area (Å²) >= 11 is 0. The summed E-state index contributed by atoms with van der Waals surface area (Å²) < 4.78 is 63.8. The third-order valence-corrected chi connectivity index (χ3v) is 17.8. The molecule has 0 unspecified atom stereocenters. The number of ketones is 3. The number of hydrogen-bond donors (Lipinski definition) is 0. The van der Waals surface area contributed by atoms with Crippen molar-refractivity contribution in [2.24, 2.45) is 17.8 Å². The van der Waals surface area contributed by atoms with Crippen LogP contribution in [0.3, 0.4) is 0 Å². The van der Waals surface area contributed by atoms with Gasteiger partial charge in [-0.3, -0.25) is 14.4 Å². The number of nitrogens with zero attached hydrogens (tertiary/aromatic N) is 9. The van der Waals surface area contributed by atoms with Gasteiger partial charge in [-0.2, -0.15) is 26.9 Å². The summed E-state index contributed by atoms with van der Waals surface area (Å²) in [5.41, 5.74) is 13.1. The number of aromatic nitrogens is 9. The highest BCUT2D eigenvalue weighted by molar-refractivity contribution is 6.32. The fourth-order valence-corrected chi connectivity index (χ4v) is 13.9. The Bertz CT molecular complexity index is 4450. The zero-order chi connectivity index (χ0) is 64.1. The summed E-state index contributed by atoms with van der Waals surface area (Å²) in [5, 5.41) is 3.42. The fourth-order valence-electron chi connectivity index (χ4n) is 13.9. The molecule has 0 spiro atoms. The standard InChI is InChI=1S/C25H19FN3O.C23H24N3O.C21H17F3N3O.3C2H6.3CH4/c26-19-9-6-17(7-10-19)25-27-12-14-28(25)15-18-8-11-21-22(24(18)30)20-5-1-3-16-4-2-13-29(21)23(16)20;1-2-3-9-20-24-12-14-25(20)15-17-10-11-19-21(23(17)27)18-8-4-6-16-7-5-13-26(19)22(16)18;22-21(23,24)11-17-25-8-10-26(17)12-14-6-7-16-18(20(14)28)15-5-1-3-13-4-2-9-27(16)19(13)15;3*1-2;;;/h1-7,9-10,12-14,18H,8,11,15H2;4-8,12-14,17H,2-3,9-11,15H2,1H3;1-5,8-10,14H,6-7,11-12H2;3*1-2H3;3*1H4/q3*+1;;;;;;/t18-;17-;14-;;;;;;/m111....../s1. The predicted molar refractivity (Wildman–Crippen MR) is 370 cm³/mol. The van der Waals surface area contributed by atoms with Gasteiger partial charge < -0.3 is 13.7 Å². The highest BCUT2D eigenvalue weighted by Gasteiger charge is 2.45. The predicted octanol–water partition coefficient (Wildman–Crippen LogP) is 17.3. The summed E-state index contributed by atoms with van der Waals surface area (Å²) in [6, 6.07) is 37.0. The lowest BCUT2D eigenvalue weighted by Crippen LogP contribution is -2.34. The van der Waals surface area contributed by atoms with Crippen molar-refractivity contribution in [3.63, 3.8) is 0 Å². The number of aryl methyl sites for hydroxylation is 1. The molecule has 6 aliphatic rings. The summed E-state index contributed by atoms with van der Waals surface area (Å²) in [6.07, 6.45) is 19.3. The molecular weight excluding hydrogens is 1190 g/mol. The second kappa shape index (κ2) is 30.6. The normalized spacial score (nSPS) is 16.7. The van der Waals surface area contributed by atoms with Crippen molar-refractivity contribution < 1.29 is 45.6 Å². The fraction of sp³-hybridized carbons (Fsp3) is 0.346. The molecule has 3 aliphatic heterocycles. The quantitative estimate of drug-likeness (QED) is 0.0941. The number of allylic oxidation sites excluding steroid dienone is 6. The molecule has 12 nitrogen and oxygen atoms in total. The highest BCUT2D eigenvalue weighted by atomic mass is 19.4. The van der Waals surface area contributed by atoms with Gasteiger partial charge >= 0.3 is 6.18 Å². The van der Waals surface area contributed by atoms with E-state index in [2.05, 4.69) is 101 Å². The first-order chi connectivity index (χ1) is 44.4. The van der Waals surface area contributed by atoms with Gasteiger partial charge in [-0.15, -0.1) is 0 Å². The van der Waals surface area contributed by atoms with Gasteiger partial charge in [0.05, 0.1) is 33.4 Å². The molecule has 3 atom stereocenters. The number of pyridine rings is 3. The second-order valence-electron chi connectivity index (χ2n) is 22.9. The Morgan fingerprint density at radius 1 is 0.479 bits per heavy atom. The number of alkyl halides is 3. The van der Waals surface area contributed by atoms with Gasteiger partial charge in [-0.1, -0.05) is 95.4 Å². The number of halogens is 4.